The second kappa shape index (κ2) is 10.1. The number of nitrogens with one attached hydrogen (secondary N) is 1. The lowest BCUT2D eigenvalue weighted by Gasteiger charge is -2.28. The summed E-state index contributed by atoms with van der Waals surface area (Å²) in [7, 11) is 2.20. The molecule has 1 aromatic rings. The third kappa shape index (κ3) is 7.08. The van der Waals surface area contributed by atoms with Crippen LogP contribution in [-0.2, 0) is 0 Å². The van der Waals surface area contributed by atoms with Crippen molar-refractivity contribution in [3.8, 4) is 0 Å². The molecule has 4 nitrogen and oxygen atoms in total. The molecule has 0 saturated carbocycles. The predicted molar refractivity (Wildman–Crippen MR) is 111 cm³/mol. The summed E-state index contributed by atoms with van der Waals surface area (Å²) in [6.07, 6.45) is 3.72. The van der Waals surface area contributed by atoms with Crippen LogP contribution in [0.25, 0.3) is 0 Å². The molecule has 0 amide bonds. The fourth-order valence-corrected chi connectivity index (χ4v) is 2.88. The minimum absolute atomic E-state index is 0. The van der Waals surface area contributed by atoms with E-state index in [4.69, 9.17) is 5.73 Å². The normalized spacial score (nSPS) is 17.1. The molecule has 5 heteroatoms. The van der Waals surface area contributed by atoms with Crippen LogP contribution in [0.2, 0.25) is 0 Å². The van der Waals surface area contributed by atoms with E-state index in [1.54, 1.807) is 0 Å². The van der Waals surface area contributed by atoms with Crippen molar-refractivity contribution < 1.29 is 0 Å². The topological polar surface area (TPSA) is 53.6 Å². The van der Waals surface area contributed by atoms with Gasteiger partial charge in [-0.15, -0.1) is 24.0 Å². The summed E-state index contributed by atoms with van der Waals surface area (Å²) in [4.78, 5) is 6.88. The molecule has 23 heavy (non-hydrogen) atoms. The fourth-order valence-electron chi connectivity index (χ4n) is 2.88. The van der Waals surface area contributed by atoms with Crippen molar-refractivity contribution in [1.82, 2.24) is 4.90 Å². The van der Waals surface area contributed by atoms with Crippen LogP contribution in [0.4, 0.5) is 5.69 Å². The number of hydrogen-bond donors (Lipinski definition) is 2. The van der Waals surface area contributed by atoms with Crippen LogP contribution >= 0.6 is 24.0 Å². The number of benzene rings is 1. The molecule has 0 aromatic heterocycles. The molecule has 1 heterocycles. The number of likely N-dealkylation sites (tertiary alicyclic amines) is 1. The molecule has 1 aliphatic rings. The Morgan fingerprint density at radius 2 is 2.04 bits per heavy atom. The summed E-state index contributed by atoms with van der Waals surface area (Å²) in [5.74, 6) is 1.84. The summed E-state index contributed by atoms with van der Waals surface area (Å²) in [5.41, 5.74) is 8.33. The van der Waals surface area contributed by atoms with Crippen LogP contribution in [0, 0.1) is 5.92 Å². The maximum absolute atomic E-state index is 6.00. The van der Waals surface area contributed by atoms with Crippen molar-refractivity contribution in [3.05, 3.63) is 29.8 Å². The first-order chi connectivity index (χ1) is 10.5. The number of aliphatic imine (C=N–C) groups is 1. The molecular weight excluding hydrogens is 399 g/mol. The van der Waals surface area contributed by atoms with Crippen molar-refractivity contribution in [2.45, 2.75) is 39.0 Å². The Morgan fingerprint density at radius 3 is 2.70 bits per heavy atom. The van der Waals surface area contributed by atoms with Crippen molar-refractivity contribution in [2.75, 3.05) is 32.0 Å². The van der Waals surface area contributed by atoms with E-state index in [-0.39, 0.29) is 24.0 Å². The van der Waals surface area contributed by atoms with E-state index in [9.17, 15) is 0 Å². The monoisotopic (exact) mass is 430 g/mol. The Morgan fingerprint density at radius 1 is 1.35 bits per heavy atom. The minimum atomic E-state index is 0. The van der Waals surface area contributed by atoms with Crippen LogP contribution in [0.15, 0.2) is 29.3 Å². The quantitative estimate of drug-likeness (QED) is 0.424. The van der Waals surface area contributed by atoms with E-state index >= 15 is 0 Å². The molecule has 0 spiro atoms. The lowest BCUT2D eigenvalue weighted by atomic mass is 9.94. The van der Waals surface area contributed by atoms with Gasteiger partial charge in [0.1, 0.15) is 0 Å². The van der Waals surface area contributed by atoms with Crippen LogP contribution in [0.5, 0.6) is 0 Å². The second-order valence-corrected chi connectivity index (χ2v) is 6.71. The highest BCUT2D eigenvalue weighted by atomic mass is 127. The summed E-state index contributed by atoms with van der Waals surface area (Å²) in [5, 5.41) is 3.20. The molecule has 1 aromatic carbocycles. The highest BCUT2D eigenvalue weighted by Gasteiger charge is 2.15. The Hall–Kier alpha value is -0.820. The van der Waals surface area contributed by atoms with E-state index < -0.39 is 0 Å². The Balaban J connectivity index is 0.00000264. The highest BCUT2D eigenvalue weighted by Crippen LogP contribution is 2.20. The third-order valence-corrected chi connectivity index (χ3v) is 4.48. The Labute approximate surface area is 157 Å². The minimum Gasteiger partial charge on any atom is -0.370 e. The maximum Gasteiger partial charge on any atom is 0.193 e. The average Bonchev–Trinajstić information content (AvgIpc) is 2.49. The molecule has 2 rings (SSSR count). The number of guanidine groups is 1. The summed E-state index contributed by atoms with van der Waals surface area (Å²) in [6.45, 7) is 7.63. The molecule has 0 aliphatic carbocycles. The van der Waals surface area contributed by atoms with Gasteiger partial charge in [-0.3, -0.25) is 4.99 Å². The van der Waals surface area contributed by atoms with Crippen LogP contribution in [0.3, 0.4) is 0 Å². The van der Waals surface area contributed by atoms with Crippen LogP contribution < -0.4 is 11.1 Å². The van der Waals surface area contributed by atoms with Crippen molar-refractivity contribution in [2.24, 2.45) is 16.6 Å². The van der Waals surface area contributed by atoms with Crippen LogP contribution in [0.1, 0.15) is 44.6 Å². The van der Waals surface area contributed by atoms with E-state index in [0.717, 1.165) is 24.6 Å². The van der Waals surface area contributed by atoms with Gasteiger partial charge >= 0.3 is 0 Å². The summed E-state index contributed by atoms with van der Waals surface area (Å²) < 4.78 is 0. The van der Waals surface area contributed by atoms with Gasteiger partial charge in [-0.1, -0.05) is 26.0 Å². The number of nitrogens with two attached hydrogens (primary N) is 1. The number of nitrogens with zero attached hydrogens (tertiary/aromatic N) is 2. The van der Waals surface area contributed by atoms with Crippen molar-refractivity contribution in [1.29, 1.82) is 0 Å². The molecule has 0 radical (unpaired) electrons. The summed E-state index contributed by atoms with van der Waals surface area (Å²) in [6, 6.07) is 8.38. The van der Waals surface area contributed by atoms with Gasteiger partial charge < -0.3 is 16.0 Å². The maximum atomic E-state index is 6.00. The van der Waals surface area contributed by atoms with Crippen molar-refractivity contribution in [3.63, 3.8) is 0 Å². The van der Waals surface area contributed by atoms with E-state index in [2.05, 4.69) is 54.3 Å². The van der Waals surface area contributed by atoms with Gasteiger partial charge in [-0.25, -0.2) is 0 Å². The molecular formula is C18H31IN4. The zero-order valence-corrected chi connectivity index (χ0v) is 16.9. The average molecular weight is 430 g/mol. The van der Waals surface area contributed by atoms with Gasteiger partial charge in [0.15, 0.2) is 5.96 Å². The van der Waals surface area contributed by atoms with Crippen LogP contribution in [-0.4, -0.2) is 37.5 Å². The molecule has 0 bridgehead atoms. The van der Waals surface area contributed by atoms with E-state index in [0.29, 0.717) is 11.9 Å². The zero-order chi connectivity index (χ0) is 15.9. The molecule has 1 fully saturated rings. The lowest BCUT2D eigenvalue weighted by molar-refractivity contribution is 0.214. The second-order valence-electron chi connectivity index (χ2n) is 6.71. The molecule has 1 aliphatic heterocycles. The smallest absolute Gasteiger partial charge is 0.193 e. The van der Waals surface area contributed by atoms with Gasteiger partial charge in [-0.2, -0.15) is 0 Å². The molecule has 3 N–H and O–H groups in total. The number of anilines is 1. The third-order valence-electron chi connectivity index (χ3n) is 4.48. The fraction of sp³-hybridized carbons (Fsp3) is 0.611. The molecule has 0 atom stereocenters. The van der Waals surface area contributed by atoms with Gasteiger partial charge in [-0.05, 0) is 68.9 Å². The van der Waals surface area contributed by atoms with Crippen molar-refractivity contribution >= 4 is 35.6 Å². The first-order valence-corrected chi connectivity index (χ1v) is 8.40. The lowest BCUT2D eigenvalue weighted by Crippen LogP contribution is -2.30. The van der Waals surface area contributed by atoms with Gasteiger partial charge in [0.25, 0.3) is 0 Å². The molecule has 1 saturated heterocycles. The highest BCUT2D eigenvalue weighted by molar-refractivity contribution is 14.0. The summed E-state index contributed by atoms with van der Waals surface area (Å²) >= 11 is 0. The standard InChI is InChI=1S/C18H30N4.HI/c1-14(2)16-5-4-6-17(13-16)21-18(19)20-10-7-15-8-11-22(3)12-9-15;/h4-6,13-15H,7-12H2,1-3H3,(H3,19,20,21);1H. The van der Waals surface area contributed by atoms with Gasteiger partial charge in [0, 0.05) is 12.2 Å². The van der Waals surface area contributed by atoms with Gasteiger partial charge in [0.05, 0.1) is 0 Å². The number of halogens is 1. The predicted octanol–water partition coefficient (Wildman–Crippen LogP) is 3.89. The molecule has 130 valence electrons. The SMILES string of the molecule is CC(C)c1cccc(NC(N)=NCCC2CCN(C)CC2)c1.I. The Kier molecular flexibility index (Phi) is 8.91. The first kappa shape index (κ1) is 20.2. The van der Waals surface area contributed by atoms with Gasteiger partial charge in [0.2, 0.25) is 0 Å². The van der Waals surface area contributed by atoms with E-state index in [1.165, 1.54) is 31.5 Å². The largest absolute Gasteiger partial charge is 0.370 e. The number of rotatable bonds is 5. The zero-order valence-electron chi connectivity index (χ0n) is 14.6. The number of piperidine rings is 1. The molecule has 0 unspecified atom stereocenters. The Bertz CT molecular complexity index is 494. The van der Waals surface area contributed by atoms with E-state index in [1.807, 2.05) is 6.07 Å². The number of hydrogen-bond acceptors (Lipinski definition) is 2. The first-order valence-electron chi connectivity index (χ1n) is 8.40.